The number of hydrogen-bond acceptors (Lipinski definition) is 5. The zero-order valence-electron chi connectivity index (χ0n) is 17.2. The maximum Gasteiger partial charge on any atom is 0.149 e. The van der Waals surface area contributed by atoms with Crippen LogP contribution < -0.4 is 10.2 Å². The molecule has 0 bridgehead atoms. The van der Waals surface area contributed by atoms with Gasteiger partial charge in [0.05, 0.1) is 11.7 Å². The lowest BCUT2D eigenvalue weighted by atomic mass is 9.81. The van der Waals surface area contributed by atoms with Crippen LogP contribution >= 0.6 is 0 Å². The third kappa shape index (κ3) is 2.58. The van der Waals surface area contributed by atoms with Gasteiger partial charge in [-0.3, -0.25) is 5.10 Å². The number of aromatic amines is 1. The molecule has 1 spiro atoms. The van der Waals surface area contributed by atoms with Crippen molar-refractivity contribution in [2.24, 2.45) is 5.41 Å². The first-order valence-corrected chi connectivity index (χ1v) is 10.5. The fourth-order valence-corrected chi connectivity index (χ4v) is 5.17. The van der Waals surface area contributed by atoms with Crippen LogP contribution in [0.25, 0.3) is 32.9 Å². The molecule has 2 saturated heterocycles. The molecule has 0 atom stereocenters. The van der Waals surface area contributed by atoms with Gasteiger partial charge in [-0.25, -0.2) is 9.37 Å². The van der Waals surface area contributed by atoms with Gasteiger partial charge in [0.1, 0.15) is 28.8 Å². The summed E-state index contributed by atoms with van der Waals surface area (Å²) >= 11 is 0. The first kappa shape index (κ1) is 18.3. The number of rotatable bonds is 2. The number of anilines is 1. The highest BCUT2D eigenvalue weighted by molar-refractivity contribution is 6.08. The molecule has 4 aromatic rings. The molecule has 2 aliphatic heterocycles. The molecule has 0 radical (unpaired) electrons. The quantitative estimate of drug-likeness (QED) is 0.522. The van der Waals surface area contributed by atoms with Crippen LogP contribution in [-0.4, -0.2) is 41.4 Å². The standard InChI is InChI=1S/C24H21FN6/c1-14-5-6-19-17(10-28-30-19)20(14)21-15-3-2-4-18(25)22(15)29-23(16(21)9-26)31-8-7-24(13-31)11-27-12-24/h2-6,10,27H,7-8,11-13H2,1H3,(H,28,30). The lowest BCUT2D eigenvalue weighted by Crippen LogP contribution is -2.54. The molecule has 4 heterocycles. The van der Waals surface area contributed by atoms with Crippen LogP contribution in [0.15, 0.2) is 36.5 Å². The van der Waals surface area contributed by atoms with Crippen molar-refractivity contribution < 1.29 is 4.39 Å². The molecule has 0 unspecified atom stereocenters. The van der Waals surface area contributed by atoms with E-state index in [-0.39, 0.29) is 11.2 Å². The van der Waals surface area contributed by atoms with Crippen molar-refractivity contribution in [1.82, 2.24) is 20.5 Å². The first-order chi connectivity index (χ1) is 15.1. The summed E-state index contributed by atoms with van der Waals surface area (Å²) in [6.45, 7) is 5.62. The number of fused-ring (bicyclic) bond motifs is 2. The Balaban J connectivity index is 1.69. The molecule has 7 heteroatoms. The predicted octanol–water partition coefficient (Wildman–Crippen LogP) is 3.90. The van der Waals surface area contributed by atoms with E-state index in [0.29, 0.717) is 22.3 Å². The monoisotopic (exact) mass is 412 g/mol. The molecule has 2 aromatic carbocycles. The normalized spacial score (nSPS) is 17.4. The number of benzene rings is 2. The largest absolute Gasteiger partial charge is 0.355 e. The molecule has 2 N–H and O–H groups in total. The SMILES string of the molecule is Cc1ccc2[nH]ncc2c1-c1c(C#N)c(N2CCC3(CNC3)C2)nc2c(F)cccc12. The van der Waals surface area contributed by atoms with Crippen LogP contribution in [0.2, 0.25) is 0 Å². The van der Waals surface area contributed by atoms with Gasteiger partial charge in [-0.15, -0.1) is 0 Å². The van der Waals surface area contributed by atoms with E-state index in [0.717, 1.165) is 60.2 Å². The molecular formula is C24H21FN6. The minimum atomic E-state index is -0.374. The predicted molar refractivity (Wildman–Crippen MR) is 118 cm³/mol. The first-order valence-electron chi connectivity index (χ1n) is 10.5. The Morgan fingerprint density at radius 2 is 2.03 bits per heavy atom. The van der Waals surface area contributed by atoms with E-state index in [2.05, 4.69) is 26.5 Å². The highest BCUT2D eigenvalue weighted by Crippen LogP contribution is 2.44. The molecule has 6 nitrogen and oxygen atoms in total. The molecule has 0 aliphatic carbocycles. The molecular weight excluding hydrogens is 391 g/mol. The summed E-state index contributed by atoms with van der Waals surface area (Å²) in [7, 11) is 0. The highest BCUT2D eigenvalue weighted by Gasteiger charge is 2.44. The maximum absolute atomic E-state index is 15.0. The number of nitriles is 1. The van der Waals surface area contributed by atoms with Crippen LogP contribution in [0.3, 0.4) is 0 Å². The smallest absolute Gasteiger partial charge is 0.149 e. The molecule has 0 saturated carbocycles. The Bertz CT molecular complexity index is 1390. The second kappa shape index (κ2) is 6.50. The van der Waals surface area contributed by atoms with E-state index in [1.807, 2.05) is 25.1 Å². The lowest BCUT2D eigenvalue weighted by Gasteiger charge is -2.39. The average Bonchev–Trinajstić information content (AvgIpc) is 3.40. The van der Waals surface area contributed by atoms with Crippen molar-refractivity contribution in [1.29, 1.82) is 5.26 Å². The minimum absolute atomic E-state index is 0.235. The Kier molecular flexibility index (Phi) is 3.83. The minimum Gasteiger partial charge on any atom is -0.355 e. The lowest BCUT2D eigenvalue weighted by molar-refractivity contribution is 0.199. The summed E-state index contributed by atoms with van der Waals surface area (Å²) in [6, 6.07) is 11.4. The Hall–Kier alpha value is -3.50. The van der Waals surface area contributed by atoms with Gasteiger partial charge in [0.25, 0.3) is 0 Å². The van der Waals surface area contributed by atoms with Gasteiger partial charge in [0, 0.05) is 47.9 Å². The molecule has 154 valence electrons. The molecule has 0 amide bonds. The number of halogens is 1. The van der Waals surface area contributed by atoms with Crippen LogP contribution in [0, 0.1) is 29.5 Å². The number of nitrogens with one attached hydrogen (secondary N) is 2. The zero-order valence-corrected chi connectivity index (χ0v) is 17.2. The molecule has 6 rings (SSSR count). The second-order valence-electron chi connectivity index (χ2n) is 8.80. The van der Waals surface area contributed by atoms with Crippen molar-refractivity contribution in [2.75, 3.05) is 31.1 Å². The van der Waals surface area contributed by atoms with Crippen molar-refractivity contribution >= 4 is 27.6 Å². The van der Waals surface area contributed by atoms with E-state index in [1.54, 1.807) is 12.3 Å². The van der Waals surface area contributed by atoms with Gasteiger partial charge in [-0.1, -0.05) is 18.2 Å². The third-order valence-electron chi connectivity index (χ3n) is 6.88. The van der Waals surface area contributed by atoms with Crippen LogP contribution in [-0.2, 0) is 0 Å². The summed E-state index contributed by atoms with van der Waals surface area (Å²) in [6.07, 6.45) is 2.82. The van der Waals surface area contributed by atoms with Gasteiger partial charge in [-0.05, 0) is 36.6 Å². The van der Waals surface area contributed by atoms with Gasteiger partial charge in [0.15, 0.2) is 0 Å². The maximum atomic E-state index is 15.0. The summed E-state index contributed by atoms with van der Waals surface area (Å²) in [5.41, 5.74) is 4.57. The Labute approximate surface area is 178 Å². The van der Waals surface area contributed by atoms with E-state index in [9.17, 15) is 9.65 Å². The van der Waals surface area contributed by atoms with Crippen molar-refractivity contribution in [3.63, 3.8) is 0 Å². The van der Waals surface area contributed by atoms with Crippen LogP contribution in [0.5, 0.6) is 0 Å². The Morgan fingerprint density at radius 1 is 1.16 bits per heavy atom. The molecule has 2 fully saturated rings. The zero-order chi connectivity index (χ0) is 21.2. The van der Waals surface area contributed by atoms with Crippen molar-refractivity contribution in [2.45, 2.75) is 13.3 Å². The van der Waals surface area contributed by atoms with Gasteiger partial charge in [0.2, 0.25) is 0 Å². The fraction of sp³-hybridized carbons (Fsp3) is 0.292. The van der Waals surface area contributed by atoms with E-state index >= 15 is 0 Å². The van der Waals surface area contributed by atoms with Crippen LogP contribution in [0.1, 0.15) is 17.5 Å². The van der Waals surface area contributed by atoms with Crippen molar-refractivity contribution in [3.8, 4) is 17.2 Å². The van der Waals surface area contributed by atoms with Gasteiger partial charge in [-0.2, -0.15) is 10.4 Å². The van der Waals surface area contributed by atoms with E-state index in [4.69, 9.17) is 4.98 Å². The number of hydrogen-bond donors (Lipinski definition) is 2. The number of H-pyrrole nitrogens is 1. The number of nitrogens with zero attached hydrogens (tertiary/aromatic N) is 4. The summed E-state index contributed by atoms with van der Waals surface area (Å²) in [4.78, 5) is 6.89. The summed E-state index contributed by atoms with van der Waals surface area (Å²) in [5, 5.41) is 22.5. The summed E-state index contributed by atoms with van der Waals surface area (Å²) in [5.74, 6) is 0.208. The number of pyridine rings is 1. The van der Waals surface area contributed by atoms with E-state index < -0.39 is 0 Å². The summed E-state index contributed by atoms with van der Waals surface area (Å²) < 4.78 is 15.0. The average molecular weight is 412 g/mol. The number of aryl methyl sites for hydroxylation is 1. The topological polar surface area (TPSA) is 80.6 Å². The number of aromatic nitrogens is 3. The van der Waals surface area contributed by atoms with Gasteiger partial charge < -0.3 is 10.2 Å². The highest BCUT2D eigenvalue weighted by atomic mass is 19.1. The Morgan fingerprint density at radius 3 is 2.77 bits per heavy atom. The molecule has 2 aliphatic rings. The fourth-order valence-electron chi connectivity index (χ4n) is 5.17. The second-order valence-corrected chi connectivity index (χ2v) is 8.80. The van der Waals surface area contributed by atoms with Crippen LogP contribution in [0.4, 0.5) is 10.2 Å². The molecule has 2 aromatic heterocycles. The van der Waals surface area contributed by atoms with Crippen molar-refractivity contribution in [3.05, 3.63) is 53.5 Å². The molecule has 31 heavy (non-hydrogen) atoms. The third-order valence-corrected chi connectivity index (χ3v) is 6.88. The van der Waals surface area contributed by atoms with Gasteiger partial charge >= 0.3 is 0 Å². The van der Waals surface area contributed by atoms with E-state index in [1.165, 1.54) is 6.07 Å². The number of para-hydroxylation sites is 1.